The second-order valence-corrected chi connectivity index (χ2v) is 4.77. The first-order valence-corrected chi connectivity index (χ1v) is 6.77. The molecule has 1 aliphatic heterocycles. The van der Waals surface area contributed by atoms with Crippen molar-refractivity contribution in [3.8, 4) is 0 Å². The number of aryl methyl sites for hydroxylation is 1. The van der Waals surface area contributed by atoms with Crippen molar-refractivity contribution in [2.75, 3.05) is 6.79 Å². The third-order valence-corrected chi connectivity index (χ3v) is 2.91. The molecule has 0 radical (unpaired) electrons. The van der Waals surface area contributed by atoms with Gasteiger partial charge >= 0.3 is 13.9 Å². The average Bonchev–Trinajstić information content (AvgIpc) is 2.74. The number of H-pyrrole nitrogens is 1. The van der Waals surface area contributed by atoms with E-state index in [0.29, 0.717) is 0 Å². The summed E-state index contributed by atoms with van der Waals surface area (Å²) < 4.78 is 39.1. The van der Waals surface area contributed by atoms with Crippen LogP contribution in [0.25, 0.3) is 0 Å². The highest BCUT2D eigenvalue weighted by Gasteiger charge is 2.31. The first-order valence-electron chi connectivity index (χ1n) is 5.64. The lowest BCUT2D eigenvalue weighted by Crippen LogP contribution is -2.34. The molecule has 1 aromatic rings. The summed E-state index contributed by atoms with van der Waals surface area (Å²) in [6, 6.07) is 0. The Kier molecular flexibility index (Phi) is 6.23. The number of hydrogen-bond donors (Lipinski definition) is 3. The van der Waals surface area contributed by atoms with Crippen LogP contribution in [-0.2, 0) is 18.6 Å². The molecule has 0 fully saturated rings. The quantitative estimate of drug-likeness (QED) is 0.513. The number of aromatic nitrogens is 2. The van der Waals surface area contributed by atoms with Crippen molar-refractivity contribution in [3.05, 3.63) is 44.5 Å². The zero-order valence-corrected chi connectivity index (χ0v) is 12.3. The molecular formula is C10H14FN3O7P+. The van der Waals surface area contributed by atoms with Crippen LogP contribution in [0.15, 0.2) is 27.7 Å². The van der Waals surface area contributed by atoms with Gasteiger partial charge in [0.25, 0.3) is 5.56 Å². The Bertz CT molecular complexity index is 700. The number of aromatic amines is 1. The summed E-state index contributed by atoms with van der Waals surface area (Å²) in [6.45, 7) is 0.859. The second kappa shape index (κ2) is 7.49. The Labute approximate surface area is 123 Å². The van der Waals surface area contributed by atoms with Gasteiger partial charge in [-0.2, -0.15) is 0 Å². The standard InChI is InChI=1S/C10H10FN2O7P.H3N/c1-5-3-13(10(15)12-8(5)14)9-6(11)2-7(20-9)18-4-19-21(16)17;/h2-3,7,9H,4H2,1H3,(H-,12,14,15,16,17);1H3/p+1/t7-,9+;/m0./s1. The van der Waals surface area contributed by atoms with Crippen molar-refractivity contribution in [1.82, 2.24) is 15.7 Å². The molecule has 12 heteroatoms. The number of nitrogens with one attached hydrogen (secondary N) is 1. The molecule has 0 bridgehead atoms. The zero-order chi connectivity index (χ0) is 15.6. The summed E-state index contributed by atoms with van der Waals surface area (Å²) >= 11 is 0. The van der Waals surface area contributed by atoms with Crippen molar-refractivity contribution >= 4 is 8.25 Å². The summed E-state index contributed by atoms with van der Waals surface area (Å²) in [6.07, 6.45) is -0.487. The summed E-state index contributed by atoms with van der Waals surface area (Å²) in [5.41, 5.74) is -1.21. The van der Waals surface area contributed by atoms with E-state index >= 15 is 0 Å². The molecule has 0 aromatic carbocycles. The van der Waals surface area contributed by atoms with Gasteiger partial charge < -0.3 is 15.6 Å². The minimum atomic E-state index is -2.84. The lowest BCUT2D eigenvalue weighted by atomic mass is 10.3. The Morgan fingerprint density at radius 3 is 2.86 bits per heavy atom. The largest absolute Gasteiger partial charge is 0.697 e. The summed E-state index contributed by atoms with van der Waals surface area (Å²) in [5, 5.41) is 0. The van der Waals surface area contributed by atoms with E-state index in [1.165, 1.54) is 6.92 Å². The Morgan fingerprint density at radius 2 is 2.23 bits per heavy atom. The molecule has 1 aliphatic rings. The van der Waals surface area contributed by atoms with Gasteiger partial charge in [-0.1, -0.05) is 4.52 Å². The highest BCUT2D eigenvalue weighted by Crippen LogP contribution is 2.29. The lowest BCUT2D eigenvalue weighted by Gasteiger charge is -2.16. The lowest BCUT2D eigenvalue weighted by molar-refractivity contribution is -0.169. The molecule has 2 heterocycles. The average molecular weight is 338 g/mol. The first-order chi connectivity index (χ1) is 9.88. The van der Waals surface area contributed by atoms with Gasteiger partial charge in [-0.3, -0.25) is 14.3 Å². The van der Waals surface area contributed by atoms with Crippen LogP contribution in [0, 0.1) is 6.92 Å². The molecule has 22 heavy (non-hydrogen) atoms. The molecule has 2 rings (SSSR count). The number of nitrogens with zero attached hydrogens (tertiary/aromatic N) is 1. The van der Waals surface area contributed by atoms with E-state index < -0.39 is 44.6 Å². The van der Waals surface area contributed by atoms with E-state index in [-0.39, 0.29) is 11.7 Å². The van der Waals surface area contributed by atoms with E-state index in [9.17, 15) is 18.5 Å². The summed E-state index contributed by atoms with van der Waals surface area (Å²) in [5.74, 6) is -0.804. The monoisotopic (exact) mass is 338 g/mol. The molecule has 1 aromatic heterocycles. The van der Waals surface area contributed by atoms with E-state index in [4.69, 9.17) is 14.4 Å². The van der Waals surface area contributed by atoms with Gasteiger partial charge in [0.2, 0.25) is 6.79 Å². The first kappa shape index (κ1) is 18.3. The maximum atomic E-state index is 13.8. The predicted molar refractivity (Wildman–Crippen MR) is 71.0 cm³/mol. The number of halogens is 1. The highest BCUT2D eigenvalue weighted by molar-refractivity contribution is 7.32. The summed E-state index contributed by atoms with van der Waals surface area (Å²) in [7, 11) is -2.84. The molecule has 0 saturated heterocycles. The fourth-order valence-electron chi connectivity index (χ4n) is 1.63. The fraction of sp³-hybridized carbons (Fsp3) is 0.400. The molecule has 3 atom stereocenters. The summed E-state index contributed by atoms with van der Waals surface area (Å²) in [4.78, 5) is 33.3. The smallest absolute Gasteiger partial charge is 0.344 e. The van der Waals surface area contributed by atoms with Crippen LogP contribution >= 0.6 is 8.25 Å². The minimum absolute atomic E-state index is 0. The van der Waals surface area contributed by atoms with Gasteiger partial charge in [0, 0.05) is 22.4 Å². The number of rotatable bonds is 5. The van der Waals surface area contributed by atoms with Crippen molar-refractivity contribution < 1.29 is 27.8 Å². The zero-order valence-electron chi connectivity index (χ0n) is 11.4. The topological polar surface area (TPSA) is 155 Å². The predicted octanol–water partition coefficient (Wildman–Crippen LogP) is 0.356. The fourth-order valence-corrected chi connectivity index (χ4v) is 1.78. The van der Waals surface area contributed by atoms with Gasteiger partial charge in [0.05, 0.1) is 0 Å². The van der Waals surface area contributed by atoms with Crippen molar-refractivity contribution in [1.29, 1.82) is 0 Å². The molecule has 0 spiro atoms. The number of hydrogen-bond acceptors (Lipinski definition) is 7. The van der Waals surface area contributed by atoms with E-state index in [1.54, 1.807) is 0 Å². The van der Waals surface area contributed by atoms with Crippen LogP contribution in [0.5, 0.6) is 0 Å². The van der Waals surface area contributed by atoms with Crippen LogP contribution in [-0.4, -0.2) is 27.5 Å². The Balaban J connectivity index is 0.00000242. The maximum Gasteiger partial charge on any atom is 0.697 e. The van der Waals surface area contributed by atoms with Gasteiger partial charge in [0.15, 0.2) is 18.3 Å². The van der Waals surface area contributed by atoms with Crippen LogP contribution < -0.4 is 17.4 Å². The minimum Gasteiger partial charge on any atom is -0.344 e. The molecule has 0 saturated carbocycles. The maximum absolute atomic E-state index is 13.8. The SMILES string of the molecule is Cc1cn([C@@H]2O[C@H](OCO[P+](=O)O)C=C2F)c(=O)[nH]c1=O.N. The third-order valence-electron chi connectivity index (χ3n) is 2.59. The molecule has 122 valence electrons. The van der Waals surface area contributed by atoms with E-state index in [2.05, 4.69) is 4.52 Å². The number of ether oxygens (including phenoxy) is 2. The van der Waals surface area contributed by atoms with Gasteiger partial charge in [-0.25, -0.2) is 9.18 Å². The second-order valence-electron chi connectivity index (χ2n) is 4.04. The molecule has 1 unspecified atom stereocenters. The van der Waals surface area contributed by atoms with Crippen LogP contribution in [0.4, 0.5) is 4.39 Å². The van der Waals surface area contributed by atoms with Gasteiger partial charge in [-0.05, 0) is 6.92 Å². The van der Waals surface area contributed by atoms with Gasteiger partial charge in [0.1, 0.15) is 0 Å². The Morgan fingerprint density at radius 1 is 1.55 bits per heavy atom. The molecule has 10 nitrogen and oxygen atoms in total. The van der Waals surface area contributed by atoms with Crippen LogP contribution in [0.2, 0.25) is 0 Å². The van der Waals surface area contributed by atoms with Crippen LogP contribution in [0.1, 0.15) is 11.8 Å². The Hall–Kier alpha value is -1.75. The third kappa shape index (κ3) is 4.13. The molecule has 0 aliphatic carbocycles. The molecule has 0 amide bonds. The van der Waals surface area contributed by atoms with Crippen molar-refractivity contribution in [2.24, 2.45) is 0 Å². The van der Waals surface area contributed by atoms with E-state index in [0.717, 1.165) is 16.8 Å². The van der Waals surface area contributed by atoms with E-state index in [1.807, 2.05) is 4.98 Å². The van der Waals surface area contributed by atoms with Crippen molar-refractivity contribution in [3.63, 3.8) is 0 Å². The van der Waals surface area contributed by atoms with Crippen LogP contribution in [0.3, 0.4) is 0 Å². The molecular weight excluding hydrogens is 324 g/mol. The van der Waals surface area contributed by atoms with Crippen molar-refractivity contribution in [2.45, 2.75) is 19.4 Å². The highest BCUT2D eigenvalue weighted by atomic mass is 31.1. The molecule has 5 N–H and O–H groups in total. The van der Waals surface area contributed by atoms with Gasteiger partial charge in [-0.15, -0.1) is 4.89 Å². The normalized spacial score (nSPS) is 21.2.